The molecule has 3 nitrogen and oxygen atoms in total. The third-order valence-electron chi connectivity index (χ3n) is 2.67. The van der Waals surface area contributed by atoms with Crippen molar-refractivity contribution in [1.29, 1.82) is 0 Å². The third-order valence-corrected chi connectivity index (χ3v) is 2.67. The molecular formula is C10H16N2O. The SMILES string of the molecule is Cc1ccc([C@H](N)[C@@H](N)C2CC2)o1. The standard InChI is InChI=1S/C10H16N2O/c1-6-2-5-8(13-6)10(12)9(11)7-3-4-7/h2,5,7,9-10H,3-4,11-12H2,1H3/t9-,10-/m0/s1. The van der Waals surface area contributed by atoms with Crippen molar-refractivity contribution in [1.82, 2.24) is 0 Å². The fraction of sp³-hybridized carbons (Fsp3) is 0.600. The molecule has 1 fully saturated rings. The number of aryl methyl sites for hydroxylation is 1. The summed E-state index contributed by atoms with van der Waals surface area (Å²) in [5.74, 6) is 2.32. The highest BCUT2D eigenvalue weighted by molar-refractivity contribution is 5.12. The molecule has 0 unspecified atom stereocenters. The van der Waals surface area contributed by atoms with Gasteiger partial charge in [-0.1, -0.05) is 0 Å². The smallest absolute Gasteiger partial charge is 0.122 e. The third kappa shape index (κ3) is 1.76. The molecule has 0 radical (unpaired) electrons. The maximum absolute atomic E-state index is 5.98. The lowest BCUT2D eigenvalue weighted by atomic mass is 10.0. The van der Waals surface area contributed by atoms with Crippen LogP contribution in [-0.4, -0.2) is 6.04 Å². The maximum Gasteiger partial charge on any atom is 0.122 e. The van der Waals surface area contributed by atoms with Crippen LogP contribution in [0.1, 0.15) is 30.4 Å². The molecule has 1 saturated carbocycles. The summed E-state index contributed by atoms with van der Waals surface area (Å²) >= 11 is 0. The molecule has 72 valence electrons. The Hall–Kier alpha value is -0.800. The lowest BCUT2D eigenvalue weighted by molar-refractivity contribution is 0.391. The van der Waals surface area contributed by atoms with Gasteiger partial charge in [0.25, 0.3) is 0 Å². The highest BCUT2D eigenvalue weighted by Gasteiger charge is 2.33. The Labute approximate surface area is 78.1 Å². The molecule has 0 bridgehead atoms. The minimum Gasteiger partial charge on any atom is -0.465 e. The fourth-order valence-electron chi connectivity index (χ4n) is 1.60. The van der Waals surface area contributed by atoms with Crippen LogP contribution >= 0.6 is 0 Å². The van der Waals surface area contributed by atoms with E-state index in [1.807, 2.05) is 19.1 Å². The van der Waals surface area contributed by atoms with Gasteiger partial charge in [-0.3, -0.25) is 0 Å². The zero-order valence-electron chi connectivity index (χ0n) is 7.86. The zero-order valence-corrected chi connectivity index (χ0v) is 7.86. The van der Waals surface area contributed by atoms with E-state index in [0.717, 1.165) is 11.5 Å². The summed E-state index contributed by atoms with van der Waals surface area (Å²) < 4.78 is 5.44. The number of hydrogen-bond donors (Lipinski definition) is 2. The zero-order chi connectivity index (χ0) is 9.42. The van der Waals surface area contributed by atoms with Crippen LogP contribution < -0.4 is 11.5 Å². The van der Waals surface area contributed by atoms with Crippen molar-refractivity contribution in [3.63, 3.8) is 0 Å². The molecule has 3 heteroatoms. The minimum absolute atomic E-state index is 0.0607. The molecular weight excluding hydrogens is 164 g/mol. The quantitative estimate of drug-likeness (QED) is 0.737. The van der Waals surface area contributed by atoms with E-state index in [1.54, 1.807) is 0 Å². The first kappa shape index (κ1) is 8.78. The van der Waals surface area contributed by atoms with E-state index in [-0.39, 0.29) is 12.1 Å². The van der Waals surface area contributed by atoms with Crippen LogP contribution in [0.4, 0.5) is 0 Å². The Bertz CT molecular complexity index is 291. The molecule has 1 heterocycles. The van der Waals surface area contributed by atoms with E-state index >= 15 is 0 Å². The monoisotopic (exact) mass is 180 g/mol. The van der Waals surface area contributed by atoms with Gasteiger partial charge in [0.15, 0.2) is 0 Å². The van der Waals surface area contributed by atoms with Gasteiger partial charge in [0.1, 0.15) is 11.5 Å². The van der Waals surface area contributed by atoms with Crippen molar-refractivity contribution < 1.29 is 4.42 Å². The first-order valence-electron chi connectivity index (χ1n) is 4.76. The minimum atomic E-state index is -0.138. The molecule has 1 aliphatic carbocycles. The molecule has 1 aromatic rings. The summed E-state index contributed by atoms with van der Waals surface area (Å²) in [6, 6.07) is 3.77. The van der Waals surface area contributed by atoms with Crippen LogP contribution in [0.5, 0.6) is 0 Å². The summed E-state index contributed by atoms with van der Waals surface area (Å²) in [7, 11) is 0. The summed E-state index contributed by atoms with van der Waals surface area (Å²) in [6.45, 7) is 1.92. The molecule has 0 saturated heterocycles. The van der Waals surface area contributed by atoms with Crippen LogP contribution in [0, 0.1) is 12.8 Å². The summed E-state index contributed by atoms with van der Waals surface area (Å²) in [5, 5.41) is 0. The number of hydrogen-bond acceptors (Lipinski definition) is 3. The number of furan rings is 1. The summed E-state index contributed by atoms with van der Waals surface area (Å²) in [5.41, 5.74) is 12.0. The molecule has 2 atom stereocenters. The second-order valence-electron chi connectivity index (χ2n) is 3.89. The number of nitrogens with two attached hydrogens (primary N) is 2. The molecule has 0 aliphatic heterocycles. The summed E-state index contributed by atoms with van der Waals surface area (Å²) in [4.78, 5) is 0. The van der Waals surface area contributed by atoms with Gasteiger partial charge in [0.05, 0.1) is 6.04 Å². The predicted molar refractivity (Wildman–Crippen MR) is 51.1 cm³/mol. The van der Waals surface area contributed by atoms with Crippen molar-refractivity contribution >= 4 is 0 Å². The molecule has 13 heavy (non-hydrogen) atoms. The Morgan fingerprint density at radius 3 is 2.54 bits per heavy atom. The highest BCUT2D eigenvalue weighted by Crippen LogP contribution is 2.36. The van der Waals surface area contributed by atoms with E-state index in [1.165, 1.54) is 12.8 Å². The second-order valence-corrected chi connectivity index (χ2v) is 3.89. The largest absolute Gasteiger partial charge is 0.465 e. The van der Waals surface area contributed by atoms with E-state index < -0.39 is 0 Å². The number of rotatable bonds is 3. The van der Waals surface area contributed by atoms with Gasteiger partial charge in [-0.2, -0.15) is 0 Å². The van der Waals surface area contributed by atoms with Gasteiger partial charge in [0.2, 0.25) is 0 Å². The average Bonchev–Trinajstić information content (AvgIpc) is 2.87. The lowest BCUT2D eigenvalue weighted by Gasteiger charge is -2.16. The molecule has 2 rings (SSSR count). The second kappa shape index (κ2) is 3.16. The van der Waals surface area contributed by atoms with Gasteiger partial charge in [-0.05, 0) is 37.8 Å². The van der Waals surface area contributed by atoms with E-state index in [4.69, 9.17) is 15.9 Å². The molecule has 1 aliphatic rings. The Kier molecular flexibility index (Phi) is 2.14. The van der Waals surface area contributed by atoms with E-state index in [9.17, 15) is 0 Å². The Morgan fingerprint density at radius 1 is 1.38 bits per heavy atom. The molecule has 1 aromatic heterocycles. The van der Waals surface area contributed by atoms with Crippen molar-refractivity contribution in [2.75, 3.05) is 0 Å². The molecule has 0 amide bonds. The van der Waals surface area contributed by atoms with Crippen molar-refractivity contribution in [3.05, 3.63) is 23.7 Å². The van der Waals surface area contributed by atoms with E-state index in [0.29, 0.717) is 5.92 Å². The van der Waals surface area contributed by atoms with Gasteiger partial charge in [-0.15, -0.1) is 0 Å². The van der Waals surface area contributed by atoms with Crippen LogP contribution in [0.3, 0.4) is 0 Å². The topological polar surface area (TPSA) is 65.2 Å². The highest BCUT2D eigenvalue weighted by atomic mass is 16.3. The molecule has 0 spiro atoms. The van der Waals surface area contributed by atoms with Gasteiger partial charge in [-0.25, -0.2) is 0 Å². The van der Waals surface area contributed by atoms with Gasteiger partial charge >= 0.3 is 0 Å². The summed E-state index contributed by atoms with van der Waals surface area (Å²) in [6.07, 6.45) is 2.43. The van der Waals surface area contributed by atoms with Crippen molar-refractivity contribution in [2.24, 2.45) is 17.4 Å². The van der Waals surface area contributed by atoms with Crippen LogP contribution in [0.15, 0.2) is 16.5 Å². The van der Waals surface area contributed by atoms with Crippen molar-refractivity contribution in [3.8, 4) is 0 Å². The van der Waals surface area contributed by atoms with Gasteiger partial charge in [0, 0.05) is 6.04 Å². The van der Waals surface area contributed by atoms with Crippen LogP contribution in [-0.2, 0) is 0 Å². The van der Waals surface area contributed by atoms with E-state index in [2.05, 4.69) is 0 Å². The van der Waals surface area contributed by atoms with Crippen LogP contribution in [0.25, 0.3) is 0 Å². The average molecular weight is 180 g/mol. The Balaban J connectivity index is 2.06. The molecule has 4 N–H and O–H groups in total. The Morgan fingerprint density at radius 2 is 2.08 bits per heavy atom. The maximum atomic E-state index is 5.98. The van der Waals surface area contributed by atoms with Gasteiger partial charge < -0.3 is 15.9 Å². The predicted octanol–water partition coefficient (Wildman–Crippen LogP) is 1.33. The molecule has 0 aromatic carbocycles. The van der Waals surface area contributed by atoms with Crippen molar-refractivity contribution in [2.45, 2.75) is 31.8 Å². The van der Waals surface area contributed by atoms with Crippen LogP contribution in [0.2, 0.25) is 0 Å². The lowest BCUT2D eigenvalue weighted by Crippen LogP contribution is -2.35. The first-order valence-corrected chi connectivity index (χ1v) is 4.76. The fourth-order valence-corrected chi connectivity index (χ4v) is 1.60. The normalized spacial score (nSPS) is 21.5. The first-order chi connectivity index (χ1) is 6.18.